The summed E-state index contributed by atoms with van der Waals surface area (Å²) in [7, 11) is 0. The summed E-state index contributed by atoms with van der Waals surface area (Å²) in [6, 6.07) is 7.78. The third-order valence-corrected chi connectivity index (χ3v) is 4.15. The Bertz CT molecular complexity index is 795. The third-order valence-electron chi connectivity index (χ3n) is 4.15. The van der Waals surface area contributed by atoms with E-state index in [1.165, 1.54) is 12.1 Å². The molecule has 1 N–H and O–H groups in total. The van der Waals surface area contributed by atoms with Crippen molar-refractivity contribution in [3.63, 3.8) is 0 Å². The molecule has 1 atom stereocenters. The van der Waals surface area contributed by atoms with Gasteiger partial charge in [-0.1, -0.05) is 0 Å². The number of nitrogens with zero attached hydrogens (tertiary/aromatic N) is 1. The van der Waals surface area contributed by atoms with Gasteiger partial charge in [-0.25, -0.2) is 0 Å². The van der Waals surface area contributed by atoms with Crippen LogP contribution in [0.2, 0.25) is 0 Å². The fourth-order valence-corrected chi connectivity index (χ4v) is 2.75. The molecule has 1 unspecified atom stereocenters. The fraction of sp³-hybridized carbons (Fsp3) is 0.389. The molecule has 1 amide bonds. The number of hydrogen-bond donors (Lipinski definition) is 1. The molecule has 0 radical (unpaired) electrons. The van der Waals surface area contributed by atoms with Gasteiger partial charge in [0, 0.05) is 24.8 Å². The van der Waals surface area contributed by atoms with Crippen LogP contribution in [-0.2, 0) is 11.3 Å². The van der Waals surface area contributed by atoms with E-state index in [1.807, 2.05) is 0 Å². The number of carbonyl (C=O) groups excluding carboxylic acids is 1. The van der Waals surface area contributed by atoms with Gasteiger partial charge in [0.15, 0.2) is 5.76 Å². The lowest BCUT2D eigenvalue weighted by Gasteiger charge is -2.09. The quantitative estimate of drug-likeness (QED) is 0.601. The normalized spacial score (nSPS) is 16.4. The number of nitro benzene ring substituents is 1. The van der Waals surface area contributed by atoms with Crippen LogP contribution >= 0.6 is 0 Å². The molecule has 1 aliphatic rings. The lowest BCUT2D eigenvalue weighted by atomic mass is 10.2. The minimum absolute atomic E-state index is 0.0422. The van der Waals surface area contributed by atoms with Crippen molar-refractivity contribution in [3.8, 4) is 5.75 Å². The van der Waals surface area contributed by atoms with Gasteiger partial charge in [0.05, 0.1) is 11.0 Å². The zero-order valence-corrected chi connectivity index (χ0v) is 14.4. The first kappa shape index (κ1) is 17.9. The molecule has 1 aromatic heterocycles. The summed E-state index contributed by atoms with van der Waals surface area (Å²) in [5.41, 5.74) is 0.557. The van der Waals surface area contributed by atoms with Crippen LogP contribution in [0.25, 0.3) is 0 Å². The van der Waals surface area contributed by atoms with Crippen LogP contribution in [-0.4, -0.2) is 30.1 Å². The Balaban J connectivity index is 1.52. The molecule has 1 aromatic carbocycles. The van der Waals surface area contributed by atoms with Gasteiger partial charge < -0.3 is 19.2 Å². The summed E-state index contributed by atoms with van der Waals surface area (Å²) in [5.74, 6) is 0.900. The molecule has 1 aliphatic heterocycles. The van der Waals surface area contributed by atoms with Crippen molar-refractivity contribution in [3.05, 3.63) is 57.5 Å². The van der Waals surface area contributed by atoms with Crippen molar-refractivity contribution in [2.75, 3.05) is 13.2 Å². The van der Waals surface area contributed by atoms with E-state index in [4.69, 9.17) is 13.9 Å². The average Bonchev–Trinajstić information content (AvgIpc) is 3.29. The topological polar surface area (TPSA) is 104 Å². The van der Waals surface area contributed by atoms with E-state index in [0.717, 1.165) is 19.4 Å². The van der Waals surface area contributed by atoms with Crippen LogP contribution < -0.4 is 10.1 Å². The Kier molecular flexibility index (Phi) is 5.52. The molecule has 2 aromatic rings. The molecule has 0 spiro atoms. The standard InChI is InChI=1S/C18H20N2O6/c1-12-9-13(4-6-16(12)20(22)23)25-11-15-5-7-17(26-15)18(21)19-10-14-3-2-8-24-14/h4-7,9,14H,2-3,8,10-11H2,1H3,(H,19,21). The van der Waals surface area contributed by atoms with Crippen LogP contribution in [0.5, 0.6) is 5.75 Å². The van der Waals surface area contributed by atoms with E-state index < -0.39 is 4.92 Å². The first-order valence-corrected chi connectivity index (χ1v) is 8.39. The van der Waals surface area contributed by atoms with Crippen molar-refractivity contribution in [1.82, 2.24) is 5.32 Å². The lowest BCUT2D eigenvalue weighted by molar-refractivity contribution is -0.385. The summed E-state index contributed by atoms with van der Waals surface area (Å²) < 4.78 is 16.5. The molecule has 8 nitrogen and oxygen atoms in total. The molecule has 0 saturated carbocycles. The third kappa shape index (κ3) is 4.40. The summed E-state index contributed by atoms with van der Waals surface area (Å²) >= 11 is 0. The van der Waals surface area contributed by atoms with Crippen molar-refractivity contribution in [1.29, 1.82) is 0 Å². The number of rotatable bonds is 7. The molecule has 3 rings (SSSR count). The highest BCUT2D eigenvalue weighted by molar-refractivity contribution is 5.91. The van der Waals surface area contributed by atoms with E-state index in [0.29, 0.717) is 23.6 Å². The van der Waals surface area contributed by atoms with Crippen molar-refractivity contribution in [2.24, 2.45) is 0 Å². The van der Waals surface area contributed by atoms with Gasteiger partial charge in [-0.05, 0) is 44.0 Å². The maximum absolute atomic E-state index is 12.1. The molecule has 2 heterocycles. The Hall–Kier alpha value is -2.87. The average molecular weight is 360 g/mol. The van der Waals surface area contributed by atoms with E-state index in [1.54, 1.807) is 25.1 Å². The van der Waals surface area contributed by atoms with Gasteiger partial charge in [0.25, 0.3) is 11.6 Å². The molecule has 0 bridgehead atoms. The monoisotopic (exact) mass is 360 g/mol. The molecule has 8 heteroatoms. The Morgan fingerprint density at radius 3 is 2.92 bits per heavy atom. The number of benzene rings is 1. The Labute approximate surface area is 150 Å². The van der Waals surface area contributed by atoms with Crippen molar-refractivity contribution >= 4 is 11.6 Å². The zero-order valence-electron chi connectivity index (χ0n) is 14.4. The molecule has 0 aliphatic carbocycles. The highest BCUT2D eigenvalue weighted by Crippen LogP contribution is 2.24. The molecule has 1 saturated heterocycles. The van der Waals surface area contributed by atoms with Crippen LogP contribution in [0.4, 0.5) is 5.69 Å². The number of ether oxygens (including phenoxy) is 2. The SMILES string of the molecule is Cc1cc(OCc2ccc(C(=O)NCC3CCCO3)o2)ccc1[N+](=O)[O-]. The maximum atomic E-state index is 12.1. The predicted molar refractivity (Wildman–Crippen MR) is 92.2 cm³/mol. The van der Waals surface area contributed by atoms with Crippen LogP contribution in [0.3, 0.4) is 0 Å². The smallest absolute Gasteiger partial charge is 0.287 e. The minimum Gasteiger partial charge on any atom is -0.486 e. The summed E-state index contributed by atoms with van der Waals surface area (Å²) in [5, 5.41) is 13.6. The van der Waals surface area contributed by atoms with Crippen LogP contribution in [0.15, 0.2) is 34.7 Å². The number of furan rings is 1. The first-order chi connectivity index (χ1) is 12.5. The van der Waals surface area contributed by atoms with Gasteiger partial charge in [0.1, 0.15) is 18.1 Å². The number of hydrogen-bond acceptors (Lipinski definition) is 6. The summed E-state index contributed by atoms with van der Waals surface area (Å²) in [6.07, 6.45) is 2.04. The second kappa shape index (κ2) is 8.01. The van der Waals surface area contributed by atoms with E-state index in [2.05, 4.69) is 5.32 Å². The Morgan fingerprint density at radius 1 is 1.38 bits per heavy atom. The van der Waals surface area contributed by atoms with Gasteiger partial charge in [-0.15, -0.1) is 0 Å². The number of aryl methyl sites for hydroxylation is 1. The predicted octanol–water partition coefficient (Wildman–Crippen LogP) is 2.98. The summed E-state index contributed by atoms with van der Waals surface area (Å²) in [6.45, 7) is 2.98. The van der Waals surface area contributed by atoms with Crippen LogP contribution in [0.1, 0.15) is 34.7 Å². The molecular formula is C18H20N2O6. The number of amides is 1. The van der Waals surface area contributed by atoms with Gasteiger partial charge >= 0.3 is 0 Å². The fourth-order valence-electron chi connectivity index (χ4n) is 2.75. The second-order valence-electron chi connectivity index (χ2n) is 6.11. The van der Waals surface area contributed by atoms with E-state index >= 15 is 0 Å². The number of nitro groups is 1. The van der Waals surface area contributed by atoms with Gasteiger partial charge in [-0.3, -0.25) is 14.9 Å². The highest BCUT2D eigenvalue weighted by Gasteiger charge is 2.18. The Morgan fingerprint density at radius 2 is 2.23 bits per heavy atom. The number of nitrogens with one attached hydrogen (secondary N) is 1. The first-order valence-electron chi connectivity index (χ1n) is 8.39. The largest absolute Gasteiger partial charge is 0.486 e. The molecule has 26 heavy (non-hydrogen) atoms. The highest BCUT2D eigenvalue weighted by atomic mass is 16.6. The van der Waals surface area contributed by atoms with Crippen molar-refractivity contribution in [2.45, 2.75) is 32.5 Å². The van der Waals surface area contributed by atoms with Crippen LogP contribution in [0, 0.1) is 17.0 Å². The van der Waals surface area contributed by atoms with E-state index in [-0.39, 0.29) is 30.1 Å². The second-order valence-corrected chi connectivity index (χ2v) is 6.11. The minimum atomic E-state index is -0.437. The lowest BCUT2D eigenvalue weighted by Crippen LogP contribution is -2.31. The van der Waals surface area contributed by atoms with Gasteiger partial charge in [0.2, 0.25) is 0 Å². The van der Waals surface area contributed by atoms with E-state index in [9.17, 15) is 14.9 Å². The zero-order chi connectivity index (χ0) is 18.5. The van der Waals surface area contributed by atoms with Gasteiger partial charge in [-0.2, -0.15) is 0 Å². The molecule has 1 fully saturated rings. The van der Waals surface area contributed by atoms with Crippen molar-refractivity contribution < 1.29 is 23.6 Å². The molecular weight excluding hydrogens is 340 g/mol. The maximum Gasteiger partial charge on any atom is 0.287 e. The number of carbonyl (C=O) groups is 1. The molecule has 138 valence electrons. The summed E-state index contributed by atoms with van der Waals surface area (Å²) in [4.78, 5) is 22.5.